The molecular weight excluding hydrogens is 395 g/mol. The Bertz CT molecular complexity index is 959. The van der Waals surface area contributed by atoms with Gasteiger partial charge in [0.1, 0.15) is 16.8 Å². The molecule has 9 heteroatoms. The van der Waals surface area contributed by atoms with Gasteiger partial charge in [0.25, 0.3) is 0 Å². The van der Waals surface area contributed by atoms with Crippen LogP contribution in [0.2, 0.25) is 0 Å². The van der Waals surface area contributed by atoms with Crippen molar-refractivity contribution >= 4 is 40.1 Å². The number of benzene rings is 2. The zero-order valence-corrected chi connectivity index (χ0v) is 16.6. The fraction of sp³-hybridized carbons (Fsp3) is 0.200. The van der Waals surface area contributed by atoms with Crippen LogP contribution in [0.3, 0.4) is 0 Å². The average molecular weight is 414 g/mol. The number of thioether (sulfide) groups is 1. The zero-order valence-electron chi connectivity index (χ0n) is 15.8. The molecule has 1 aliphatic heterocycles. The van der Waals surface area contributed by atoms with Gasteiger partial charge in [0, 0.05) is 12.1 Å². The molecule has 0 aliphatic carbocycles. The number of nitrogens with one attached hydrogen (secondary N) is 2. The molecule has 2 amide bonds. The molecule has 2 aromatic carbocycles. The summed E-state index contributed by atoms with van der Waals surface area (Å²) < 4.78 is 18.1. The van der Waals surface area contributed by atoms with Crippen LogP contribution in [0.5, 0.6) is 5.75 Å². The standard InChI is InChI=1S/C20H19FN4O3S/c1-12(13-3-5-14(21)6-4-13)24-25-20-23-18(26)11-17(29-20)19(27)22-15-7-9-16(28-2)10-8-15/h3-10,17H,11H2,1-2H3,(H,22,27)(H,23,25,26). The molecule has 1 fully saturated rings. The molecule has 0 saturated carbocycles. The van der Waals surface area contributed by atoms with Gasteiger partial charge in [0.2, 0.25) is 11.8 Å². The molecule has 2 aromatic rings. The third-order valence-corrected chi connectivity index (χ3v) is 5.15. The van der Waals surface area contributed by atoms with Crippen LogP contribution < -0.4 is 15.4 Å². The molecule has 0 spiro atoms. The summed E-state index contributed by atoms with van der Waals surface area (Å²) in [4.78, 5) is 24.5. The van der Waals surface area contributed by atoms with Crippen molar-refractivity contribution in [3.8, 4) is 5.75 Å². The second-order valence-electron chi connectivity index (χ2n) is 6.17. The Balaban J connectivity index is 1.67. The summed E-state index contributed by atoms with van der Waals surface area (Å²) >= 11 is 1.12. The van der Waals surface area contributed by atoms with Crippen LogP contribution in [0.4, 0.5) is 10.1 Å². The van der Waals surface area contributed by atoms with Crippen LogP contribution in [-0.2, 0) is 9.59 Å². The molecule has 2 N–H and O–H groups in total. The number of carbonyl (C=O) groups excluding carboxylic acids is 2. The number of nitrogens with zero attached hydrogens (tertiary/aromatic N) is 2. The van der Waals surface area contributed by atoms with Crippen molar-refractivity contribution in [1.29, 1.82) is 0 Å². The number of ether oxygens (including phenoxy) is 1. The maximum Gasteiger partial charge on any atom is 0.238 e. The SMILES string of the molecule is COc1ccc(NC(=O)C2CC(=O)N/C(=N\N=C(C)c3ccc(F)cc3)S2)cc1. The molecule has 7 nitrogen and oxygen atoms in total. The lowest BCUT2D eigenvalue weighted by atomic mass is 10.1. The van der Waals surface area contributed by atoms with Gasteiger partial charge in [-0.1, -0.05) is 23.9 Å². The van der Waals surface area contributed by atoms with Crippen LogP contribution in [0.15, 0.2) is 58.7 Å². The lowest BCUT2D eigenvalue weighted by Crippen LogP contribution is -2.41. The molecule has 1 saturated heterocycles. The second kappa shape index (κ2) is 9.33. The van der Waals surface area contributed by atoms with Crippen molar-refractivity contribution in [2.75, 3.05) is 12.4 Å². The maximum absolute atomic E-state index is 13.0. The fourth-order valence-electron chi connectivity index (χ4n) is 2.51. The third-order valence-electron chi connectivity index (χ3n) is 4.07. The van der Waals surface area contributed by atoms with Crippen LogP contribution in [0.1, 0.15) is 18.9 Å². The minimum Gasteiger partial charge on any atom is -0.497 e. The molecule has 1 unspecified atom stereocenters. The normalized spacial score (nSPS) is 18.3. The van der Waals surface area contributed by atoms with E-state index < -0.39 is 5.25 Å². The van der Waals surface area contributed by atoms with E-state index in [1.807, 2.05) is 0 Å². The molecular formula is C20H19FN4O3S. The summed E-state index contributed by atoms with van der Waals surface area (Å²) in [5.74, 6) is -0.277. The first-order valence-corrected chi connectivity index (χ1v) is 9.62. The highest BCUT2D eigenvalue weighted by Gasteiger charge is 2.30. The topological polar surface area (TPSA) is 92.1 Å². The smallest absolute Gasteiger partial charge is 0.238 e. The Morgan fingerprint density at radius 3 is 2.55 bits per heavy atom. The van der Waals surface area contributed by atoms with Crippen molar-refractivity contribution in [3.05, 3.63) is 59.9 Å². The third kappa shape index (κ3) is 5.64. The Hall–Kier alpha value is -3.20. The average Bonchev–Trinajstić information content (AvgIpc) is 2.72. The molecule has 1 aliphatic rings. The van der Waals surface area contributed by atoms with E-state index in [-0.39, 0.29) is 29.2 Å². The van der Waals surface area contributed by atoms with E-state index in [0.717, 1.165) is 11.8 Å². The summed E-state index contributed by atoms with van der Waals surface area (Å²) in [6.07, 6.45) is 0.0341. The number of methoxy groups -OCH3 is 1. The van der Waals surface area contributed by atoms with Crippen LogP contribution in [-0.4, -0.2) is 35.1 Å². The molecule has 29 heavy (non-hydrogen) atoms. The molecule has 0 aromatic heterocycles. The predicted molar refractivity (Wildman–Crippen MR) is 112 cm³/mol. The first-order chi connectivity index (χ1) is 13.9. The van der Waals surface area contributed by atoms with Crippen LogP contribution >= 0.6 is 11.8 Å². The first kappa shape index (κ1) is 20.5. The van der Waals surface area contributed by atoms with Crippen molar-refractivity contribution in [2.45, 2.75) is 18.6 Å². The molecule has 0 bridgehead atoms. The number of anilines is 1. The van der Waals surface area contributed by atoms with Crippen molar-refractivity contribution in [2.24, 2.45) is 10.2 Å². The number of rotatable bonds is 5. The van der Waals surface area contributed by atoms with E-state index in [4.69, 9.17) is 4.74 Å². The van der Waals surface area contributed by atoms with E-state index >= 15 is 0 Å². The largest absolute Gasteiger partial charge is 0.497 e. The predicted octanol–water partition coefficient (Wildman–Crippen LogP) is 3.17. The van der Waals surface area contributed by atoms with Gasteiger partial charge in [-0.25, -0.2) is 4.39 Å². The van der Waals surface area contributed by atoms with E-state index in [9.17, 15) is 14.0 Å². The van der Waals surface area contributed by atoms with Gasteiger partial charge < -0.3 is 15.4 Å². The fourth-order valence-corrected chi connectivity index (χ4v) is 3.44. The lowest BCUT2D eigenvalue weighted by Gasteiger charge is -2.21. The minimum atomic E-state index is -0.633. The Morgan fingerprint density at radius 2 is 1.90 bits per heavy atom. The van der Waals surface area contributed by atoms with Crippen molar-refractivity contribution in [3.63, 3.8) is 0 Å². The van der Waals surface area contributed by atoms with E-state index in [2.05, 4.69) is 20.8 Å². The molecule has 1 atom stereocenters. The lowest BCUT2D eigenvalue weighted by molar-refractivity contribution is -0.123. The minimum absolute atomic E-state index is 0.0341. The van der Waals surface area contributed by atoms with Gasteiger partial charge in [-0.2, -0.15) is 5.10 Å². The molecule has 1 heterocycles. The summed E-state index contributed by atoms with van der Waals surface area (Å²) in [7, 11) is 1.56. The summed E-state index contributed by atoms with van der Waals surface area (Å²) in [6.45, 7) is 1.72. The van der Waals surface area contributed by atoms with E-state index in [1.165, 1.54) is 12.1 Å². The summed E-state index contributed by atoms with van der Waals surface area (Å²) in [6, 6.07) is 12.7. The number of hydrogen-bond donors (Lipinski definition) is 2. The number of amidine groups is 1. The second-order valence-corrected chi connectivity index (χ2v) is 7.37. The van der Waals surface area contributed by atoms with Crippen LogP contribution in [0, 0.1) is 5.82 Å². The zero-order chi connectivity index (χ0) is 20.8. The molecule has 150 valence electrons. The molecule has 0 radical (unpaired) electrons. The summed E-state index contributed by atoms with van der Waals surface area (Å²) in [5.41, 5.74) is 1.86. The Labute approximate surface area is 171 Å². The number of halogens is 1. The quantitative estimate of drug-likeness (QED) is 0.581. The number of hydrogen-bond acceptors (Lipinski definition) is 6. The highest BCUT2D eigenvalue weighted by Crippen LogP contribution is 2.23. The van der Waals surface area contributed by atoms with Crippen LogP contribution in [0.25, 0.3) is 0 Å². The monoisotopic (exact) mass is 414 g/mol. The van der Waals surface area contributed by atoms with Gasteiger partial charge >= 0.3 is 0 Å². The van der Waals surface area contributed by atoms with Gasteiger partial charge in [-0.3, -0.25) is 9.59 Å². The maximum atomic E-state index is 13.0. The molecule has 3 rings (SSSR count). The van der Waals surface area contributed by atoms with Gasteiger partial charge in [0.05, 0.1) is 12.8 Å². The highest BCUT2D eigenvalue weighted by atomic mass is 32.2. The van der Waals surface area contributed by atoms with Gasteiger partial charge in [-0.05, 0) is 48.9 Å². The highest BCUT2D eigenvalue weighted by molar-refractivity contribution is 8.15. The van der Waals surface area contributed by atoms with Gasteiger partial charge in [0.15, 0.2) is 5.17 Å². The summed E-state index contributed by atoms with van der Waals surface area (Å²) in [5, 5.41) is 13.1. The first-order valence-electron chi connectivity index (χ1n) is 8.74. The Morgan fingerprint density at radius 1 is 1.21 bits per heavy atom. The van der Waals surface area contributed by atoms with Crippen molar-refractivity contribution in [1.82, 2.24) is 5.32 Å². The van der Waals surface area contributed by atoms with E-state index in [1.54, 1.807) is 50.4 Å². The Kier molecular flexibility index (Phi) is 6.61. The van der Waals surface area contributed by atoms with Gasteiger partial charge in [-0.15, -0.1) is 5.10 Å². The van der Waals surface area contributed by atoms with E-state index in [0.29, 0.717) is 22.7 Å². The number of carbonyl (C=O) groups is 2. The number of amides is 2. The van der Waals surface area contributed by atoms with Crippen molar-refractivity contribution < 1.29 is 18.7 Å².